The Morgan fingerprint density at radius 1 is 1.12 bits per heavy atom. The first kappa shape index (κ1) is 15.6. The zero-order valence-corrected chi connectivity index (χ0v) is 13.3. The van der Waals surface area contributed by atoms with Crippen LogP contribution in [0.2, 0.25) is 0 Å². The van der Waals surface area contributed by atoms with Gasteiger partial charge in [0.15, 0.2) is 5.82 Å². The molecule has 0 unspecified atom stereocenters. The fourth-order valence-corrected chi connectivity index (χ4v) is 2.58. The van der Waals surface area contributed by atoms with Gasteiger partial charge in [-0.15, -0.1) is 0 Å². The van der Waals surface area contributed by atoms with Gasteiger partial charge in [-0.2, -0.15) is 0 Å². The normalized spacial score (nSPS) is 15.5. The Morgan fingerprint density at radius 2 is 1.88 bits per heavy atom. The molecule has 1 aliphatic heterocycles. The van der Waals surface area contributed by atoms with E-state index in [2.05, 4.69) is 26.5 Å². The van der Waals surface area contributed by atoms with Gasteiger partial charge in [-0.1, -0.05) is 6.58 Å². The van der Waals surface area contributed by atoms with Crippen molar-refractivity contribution >= 4 is 0 Å². The van der Waals surface area contributed by atoms with Gasteiger partial charge in [0.1, 0.15) is 12.1 Å². The van der Waals surface area contributed by atoms with E-state index in [0.29, 0.717) is 36.1 Å². The molecule has 1 aliphatic rings. The number of benzene rings is 1. The van der Waals surface area contributed by atoms with Crippen LogP contribution < -0.4 is 0 Å². The first-order valence-electron chi connectivity index (χ1n) is 7.73. The summed E-state index contributed by atoms with van der Waals surface area (Å²) in [5.41, 5.74) is 3.65. The van der Waals surface area contributed by atoms with E-state index in [-0.39, 0.29) is 5.82 Å². The molecule has 1 aromatic carbocycles. The van der Waals surface area contributed by atoms with Crippen molar-refractivity contribution in [2.75, 3.05) is 13.2 Å². The van der Waals surface area contributed by atoms with Gasteiger partial charge in [-0.05, 0) is 35.9 Å². The van der Waals surface area contributed by atoms with Gasteiger partial charge in [0, 0.05) is 11.8 Å². The molecule has 7 heteroatoms. The van der Waals surface area contributed by atoms with Crippen LogP contribution in [0.15, 0.2) is 55.0 Å². The minimum absolute atomic E-state index is 0.305. The summed E-state index contributed by atoms with van der Waals surface area (Å²) in [7, 11) is 0. The lowest BCUT2D eigenvalue weighted by Crippen LogP contribution is -2.20. The van der Waals surface area contributed by atoms with Crippen LogP contribution >= 0.6 is 0 Å². The summed E-state index contributed by atoms with van der Waals surface area (Å²) in [5, 5.41) is 0. The van der Waals surface area contributed by atoms with Gasteiger partial charge in [-0.25, -0.2) is 19.3 Å². The van der Waals surface area contributed by atoms with E-state index in [0.717, 1.165) is 11.1 Å². The maximum absolute atomic E-state index is 13.3. The molecule has 25 heavy (non-hydrogen) atoms. The third-order valence-electron chi connectivity index (χ3n) is 3.78. The minimum atomic E-state index is -0.611. The van der Waals surface area contributed by atoms with E-state index in [1.165, 1.54) is 18.5 Å². The van der Waals surface area contributed by atoms with Crippen LogP contribution in [0.5, 0.6) is 0 Å². The molecule has 0 aliphatic carbocycles. The average molecular weight is 338 g/mol. The monoisotopic (exact) mass is 338 g/mol. The van der Waals surface area contributed by atoms with Gasteiger partial charge in [-0.3, -0.25) is 0 Å². The van der Waals surface area contributed by atoms with Gasteiger partial charge in [0.25, 0.3) is 0 Å². The van der Waals surface area contributed by atoms with Crippen LogP contribution in [0.3, 0.4) is 0 Å². The highest BCUT2D eigenvalue weighted by Crippen LogP contribution is 2.32. The second-order valence-electron chi connectivity index (χ2n) is 5.65. The first-order chi connectivity index (χ1) is 12.2. The summed E-state index contributed by atoms with van der Waals surface area (Å²) in [6.45, 7) is 4.67. The Bertz CT molecular complexity index is 883. The van der Waals surface area contributed by atoms with Crippen LogP contribution in [-0.2, 0) is 9.47 Å². The smallest absolute Gasteiger partial charge is 0.217 e. The number of ether oxygens (including phenoxy) is 2. The quantitative estimate of drug-likeness (QED) is 0.742. The molecule has 3 heterocycles. The van der Waals surface area contributed by atoms with Crippen molar-refractivity contribution < 1.29 is 13.9 Å². The zero-order valence-electron chi connectivity index (χ0n) is 13.3. The third-order valence-corrected chi connectivity index (χ3v) is 3.78. The zero-order chi connectivity index (χ0) is 17.2. The van der Waals surface area contributed by atoms with Crippen molar-refractivity contribution in [1.82, 2.24) is 19.9 Å². The highest BCUT2D eigenvalue weighted by Gasteiger charge is 2.25. The molecule has 0 radical (unpaired) electrons. The van der Waals surface area contributed by atoms with Gasteiger partial charge in [0.2, 0.25) is 6.29 Å². The van der Waals surface area contributed by atoms with Crippen molar-refractivity contribution in [1.29, 1.82) is 0 Å². The van der Waals surface area contributed by atoms with Crippen molar-refractivity contribution in [3.63, 3.8) is 0 Å². The molecule has 0 bridgehead atoms. The topological polar surface area (TPSA) is 72.9 Å². The second kappa shape index (κ2) is 6.54. The number of halogens is 1. The number of aromatic amines is 1. The van der Waals surface area contributed by atoms with Crippen LogP contribution in [-0.4, -0.2) is 33.1 Å². The lowest BCUT2D eigenvalue weighted by atomic mass is 10.1. The van der Waals surface area contributed by atoms with E-state index in [1.807, 2.05) is 0 Å². The molecule has 4 rings (SSSR count). The van der Waals surface area contributed by atoms with Crippen molar-refractivity contribution in [3.05, 3.63) is 66.6 Å². The Kier molecular flexibility index (Phi) is 4.09. The second-order valence-corrected chi connectivity index (χ2v) is 5.65. The predicted molar refractivity (Wildman–Crippen MR) is 88.8 cm³/mol. The number of H-pyrrole nitrogens is 1. The molecular formula is C18H15FN4O2. The molecule has 0 amide bonds. The average Bonchev–Trinajstić information content (AvgIpc) is 3.09. The maximum atomic E-state index is 13.3. The lowest BCUT2D eigenvalue weighted by Gasteiger charge is -2.22. The van der Waals surface area contributed by atoms with Crippen LogP contribution in [0.25, 0.3) is 22.6 Å². The number of rotatable bonds is 3. The summed E-state index contributed by atoms with van der Waals surface area (Å²) in [6, 6.07) is 7.90. The van der Waals surface area contributed by atoms with Crippen molar-refractivity contribution in [3.8, 4) is 22.6 Å². The number of nitrogens with one attached hydrogen (secondary N) is 1. The molecule has 1 saturated heterocycles. The van der Waals surface area contributed by atoms with Gasteiger partial charge in [0.05, 0.1) is 30.3 Å². The number of hydrogen-bond acceptors (Lipinski definition) is 5. The highest BCUT2D eigenvalue weighted by molar-refractivity contribution is 5.76. The summed E-state index contributed by atoms with van der Waals surface area (Å²) in [5.74, 6) is 0.223. The number of nitrogens with zero attached hydrogens (tertiary/aromatic N) is 3. The summed E-state index contributed by atoms with van der Waals surface area (Å²) in [4.78, 5) is 16.0. The SMILES string of the molecule is C=C1COC(c2nc(-c3ccc(F)cc3)c(-c3ccncn3)[nH]2)OC1. The van der Waals surface area contributed by atoms with E-state index in [4.69, 9.17) is 9.47 Å². The Morgan fingerprint density at radius 3 is 2.56 bits per heavy atom. The summed E-state index contributed by atoms with van der Waals surface area (Å²) < 4.78 is 24.5. The molecule has 0 saturated carbocycles. The van der Waals surface area contributed by atoms with Gasteiger partial charge >= 0.3 is 0 Å². The first-order valence-corrected chi connectivity index (χ1v) is 7.73. The number of aromatic nitrogens is 4. The third kappa shape index (κ3) is 3.19. The molecule has 0 atom stereocenters. The molecule has 1 N–H and O–H groups in total. The van der Waals surface area contributed by atoms with Gasteiger partial charge < -0.3 is 14.5 Å². The van der Waals surface area contributed by atoms with E-state index >= 15 is 0 Å². The summed E-state index contributed by atoms with van der Waals surface area (Å²) in [6.07, 6.45) is 2.50. The van der Waals surface area contributed by atoms with E-state index in [9.17, 15) is 4.39 Å². The van der Waals surface area contributed by atoms with Crippen molar-refractivity contribution in [2.24, 2.45) is 0 Å². The number of imidazole rings is 1. The van der Waals surface area contributed by atoms with E-state index in [1.54, 1.807) is 24.4 Å². The molecule has 1 fully saturated rings. The minimum Gasteiger partial charge on any atom is -0.341 e. The fraction of sp³-hybridized carbons (Fsp3) is 0.167. The lowest BCUT2D eigenvalue weighted by molar-refractivity contribution is -0.165. The molecule has 3 aromatic rings. The highest BCUT2D eigenvalue weighted by atomic mass is 19.1. The molecule has 6 nitrogen and oxygen atoms in total. The van der Waals surface area contributed by atoms with Crippen LogP contribution in [0.1, 0.15) is 12.1 Å². The van der Waals surface area contributed by atoms with Crippen LogP contribution in [0, 0.1) is 5.82 Å². The molecule has 2 aromatic heterocycles. The standard InChI is InChI=1S/C18H15FN4O2/c1-11-8-24-18(25-9-11)17-22-15(12-2-4-13(19)5-3-12)16(23-17)14-6-7-20-10-21-14/h2-7,10,18H,1,8-9H2,(H,22,23). The Balaban J connectivity index is 1.78. The Labute approximate surface area is 143 Å². The summed E-state index contributed by atoms with van der Waals surface area (Å²) >= 11 is 0. The molecule has 126 valence electrons. The van der Waals surface area contributed by atoms with E-state index < -0.39 is 6.29 Å². The fourth-order valence-electron chi connectivity index (χ4n) is 2.58. The maximum Gasteiger partial charge on any atom is 0.217 e. The predicted octanol–water partition coefficient (Wildman–Crippen LogP) is 3.27. The Hall–Kier alpha value is -2.90. The number of hydrogen-bond donors (Lipinski definition) is 1. The van der Waals surface area contributed by atoms with Crippen molar-refractivity contribution in [2.45, 2.75) is 6.29 Å². The molecule has 0 spiro atoms. The molecular weight excluding hydrogens is 323 g/mol. The van der Waals surface area contributed by atoms with Crippen LogP contribution in [0.4, 0.5) is 4.39 Å². The largest absolute Gasteiger partial charge is 0.341 e.